The van der Waals surface area contributed by atoms with E-state index in [0.29, 0.717) is 19.6 Å². The Morgan fingerprint density at radius 3 is 2.43 bits per heavy atom. The summed E-state index contributed by atoms with van der Waals surface area (Å²) in [7, 11) is 0. The van der Waals surface area contributed by atoms with Crippen LogP contribution in [-0.2, 0) is 4.79 Å². The molecule has 0 N–H and O–H groups in total. The molecule has 3 aromatic rings. The minimum atomic E-state index is 0. The zero-order chi connectivity index (χ0) is 20.6. The van der Waals surface area contributed by atoms with Crippen molar-refractivity contribution in [3.8, 4) is 5.75 Å². The van der Waals surface area contributed by atoms with Crippen molar-refractivity contribution in [2.24, 2.45) is 0 Å². The third-order valence-corrected chi connectivity index (χ3v) is 6.05. The average Bonchev–Trinajstić information content (AvgIpc) is 3.17. The fourth-order valence-electron chi connectivity index (χ4n) is 3.21. The van der Waals surface area contributed by atoms with Crippen LogP contribution in [0.4, 0.5) is 5.13 Å². The first-order valence-electron chi connectivity index (χ1n) is 10.2. The highest BCUT2D eigenvalue weighted by Gasteiger charge is 2.21. The number of amides is 1. The van der Waals surface area contributed by atoms with Crippen molar-refractivity contribution in [1.82, 2.24) is 9.88 Å². The van der Waals surface area contributed by atoms with E-state index >= 15 is 0 Å². The molecule has 7 heteroatoms. The van der Waals surface area contributed by atoms with E-state index in [4.69, 9.17) is 9.72 Å². The second kappa shape index (κ2) is 11.9. The molecule has 0 aliphatic rings. The summed E-state index contributed by atoms with van der Waals surface area (Å²) in [6.07, 6.45) is 0.321. The fraction of sp³-hybridized carbons (Fsp3) is 0.391. The molecule has 0 spiro atoms. The molecule has 0 saturated heterocycles. The third kappa shape index (κ3) is 6.17. The van der Waals surface area contributed by atoms with Gasteiger partial charge in [0, 0.05) is 13.1 Å². The molecule has 0 fully saturated rings. The lowest BCUT2D eigenvalue weighted by Gasteiger charge is -2.24. The summed E-state index contributed by atoms with van der Waals surface area (Å²) >= 11 is 1.58. The highest BCUT2D eigenvalue weighted by atomic mass is 35.5. The Bertz CT molecular complexity index is 929. The largest absolute Gasteiger partial charge is 0.493 e. The lowest BCUT2D eigenvalue weighted by Crippen LogP contribution is -2.39. The number of fused-ring (bicyclic) bond motifs is 1. The number of aryl methyl sites for hydroxylation is 1. The van der Waals surface area contributed by atoms with E-state index in [1.54, 1.807) is 11.3 Å². The summed E-state index contributed by atoms with van der Waals surface area (Å²) in [6, 6.07) is 15.8. The average molecular weight is 448 g/mol. The molecule has 0 bridgehead atoms. The van der Waals surface area contributed by atoms with Crippen LogP contribution in [0.5, 0.6) is 5.75 Å². The minimum absolute atomic E-state index is 0. The molecular formula is C23H30ClN3O2S. The lowest BCUT2D eigenvalue weighted by molar-refractivity contribution is -0.119. The first-order chi connectivity index (χ1) is 14.1. The molecule has 0 atom stereocenters. The van der Waals surface area contributed by atoms with E-state index in [0.717, 1.165) is 46.3 Å². The van der Waals surface area contributed by atoms with Gasteiger partial charge in [-0.2, -0.15) is 0 Å². The molecule has 1 heterocycles. The number of hydrogen-bond donors (Lipinski definition) is 0. The van der Waals surface area contributed by atoms with Crippen LogP contribution in [0.1, 0.15) is 25.8 Å². The number of nitrogens with zero attached hydrogens (tertiary/aromatic N) is 3. The number of aromatic nitrogens is 1. The predicted octanol–water partition coefficient (Wildman–Crippen LogP) is 5.17. The van der Waals surface area contributed by atoms with Gasteiger partial charge in [0.15, 0.2) is 5.13 Å². The van der Waals surface area contributed by atoms with Gasteiger partial charge in [-0.15, -0.1) is 12.4 Å². The molecule has 5 nitrogen and oxygen atoms in total. The summed E-state index contributed by atoms with van der Waals surface area (Å²) < 4.78 is 6.85. The van der Waals surface area contributed by atoms with Gasteiger partial charge >= 0.3 is 0 Å². The predicted molar refractivity (Wildman–Crippen MR) is 128 cm³/mol. The SMILES string of the molecule is CCN(CC)CCN(C(=O)CCOc1ccccc1)c1nc2c(C)cccc2s1.Cl. The molecular weight excluding hydrogens is 418 g/mol. The van der Waals surface area contributed by atoms with E-state index in [1.165, 1.54) is 0 Å². The molecule has 3 rings (SSSR count). The Morgan fingerprint density at radius 1 is 1.03 bits per heavy atom. The van der Waals surface area contributed by atoms with Crippen LogP contribution in [0.15, 0.2) is 48.5 Å². The quantitative estimate of drug-likeness (QED) is 0.430. The maximum absolute atomic E-state index is 13.1. The number of likely N-dealkylation sites (N-methyl/N-ethyl adjacent to an activating group) is 1. The molecule has 1 aromatic heterocycles. The van der Waals surface area contributed by atoms with Gasteiger partial charge in [-0.1, -0.05) is 55.5 Å². The normalized spacial score (nSPS) is 10.8. The van der Waals surface area contributed by atoms with Crippen molar-refractivity contribution in [3.63, 3.8) is 0 Å². The molecule has 0 aliphatic heterocycles. The van der Waals surface area contributed by atoms with Gasteiger partial charge in [-0.3, -0.25) is 9.69 Å². The van der Waals surface area contributed by atoms with Crippen LogP contribution in [0.25, 0.3) is 10.2 Å². The second-order valence-electron chi connectivity index (χ2n) is 6.90. The summed E-state index contributed by atoms with van der Waals surface area (Å²) in [4.78, 5) is 22.0. The first kappa shape index (κ1) is 24.1. The minimum Gasteiger partial charge on any atom is -0.493 e. The van der Waals surface area contributed by atoms with Gasteiger partial charge in [0.25, 0.3) is 0 Å². The van der Waals surface area contributed by atoms with Gasteiger partial charge in [-0.25, -0.2) is 4.98 Å². The van der Waals surface area contributed by atoms with Crippen molar-refractivity contribution < 1.29 is 9.53 Å². The van der Waals surface area contributed by atoms with Crippen LogP contribution in [0.3, 0.4) is 0 Å². The smallest absolute Gasteiger partial charge is 0.232 e. The number of rotatable bonds is 10. The summed E-state index contributed by atoms with van der Waals surface area (Å²) in [5, 5.41) is 0.770. The Hall–Kier alpha value is -2.15. The lowest BCUT2D eigenvalue weighted by atomic mass is 10.2. The molecule has 30 heavy (non-hydrogen) atoms. The van der Waals surface area contributed by atoms with Crippen molar-refractivity contribution in [2.45, 2.75) is 27.2 Å². The molecule has 0 unspecified atom stereocenters. The molecule has 162 valence electrons. The Labute approximate surface area is 189 Å². The van der Waals surface area contributed by atoms with Crippen LogP contribution in [0.2, 0.25) is 0 Å². The molecule has 0 aliphatic carbocycles. The van der Waals surface area contributed by atoms with Gasteiger partial charge in [-0.05, 0) is 43.8 Å². The number of para-hydroxylation sites is 2. The monoisotopic (exact) mass is 447 g/mol. The Kier molecular flexibility index (Phi) is 9.56. The number of benzene rings is 2. The topological polar surface area (TPSA) is 45.7 Å². The number of carbonyl (C=O) groups excluding carboxylic acids is 1. The van der Waals surface area contributed by atoms with Crippen LogP contribution >= 0.6 is 23.7 Å². The standard InChI is InChI=1S/C23H29N3O2S.ClH/c1-4-25(5-2)15-16-26(21(27)14-17-28-19-11-7-6-8-12-19)23-24-22-18(3)10-9-13-20(22)29-23;/h6-13H,4-5,14-17H2,1-3H3;1H. The van der Waals surface area contributed by atoms with Gasteiger partial charge < -0.3 is 9.64 Å². The number of ether oxygens (including phenoxy) is 1. The van der Waals surface area contributed by atoms with E-state index in [9.17, 15) is 4.79 Å². The van der Waals surface area contributed by atoms with E-state index in [1.807, 2.05) is 41.3 Å². The van der Waals surface area contributed by atoms with Crippen LogP contribution in [0, 0.1) is 6.92 Å². The summed E-state index contributed by atoms with van der Waals surface area (Å²) in [5.41, 5.74) is 2.11. The molecule has 2 aromatic carbocycles. The number of anilines is 1. The van der Waals surface area contributed by atoms with Crippen molar-refractivity contribution in [1.29, 1.82) is 0 Å². The van der Waals surface area contributed by atoms with E-state index in [-0.39, 0.29) is 18.3 Å². The molecule has 0 saturated carbocycles. The molecule has 0 radical (unpaired) electrons. The zero-order valence-corrected chi connectivity index (χ0v) is 19.5. The van der Waals surface area contributed by atoms with E-state index < -0.39 is 0 Å². The van der Waals surface area contributed by atoms with Gasteiger partial charge in [0.2, 0.25) is 5.91 Å². The third-order valence-electron chi connectivity index (χ3n) is 5.00. The molecule has 1 amide bonds. The highest BCUT2D eigenvalue weighted by molar-refractivity contribution is 7.22. The fourth-order valence-corrected chi connectivity index (χ4v) is 4.29. The Morgan fingerprint density at radius 2 is 1.77 bits per heavy atom. The maximum atomic E-state index is 13.1. The van der Waals surface area contributed by atoms with Crippen molar-refractivity contribution in [3.05, 3.63) is 54.1 Å². The maximum Gasteiger partial charge on any atom is 0.232 e. The van der Waals surface area contributed by atoms with Crippen LogP contribution < -0.4 is 9.64 Å². The second-order valence-corrected chi connectivity index (χ2v) is 7.91. The summed E-state index contributed by atoms with van der Waals surface area (Å²) in [6.45, 7) is 10.1. The van der Waals surface area contributed by atoms with Gasteiger partial charge in [0.05, 0.1) is 23.2 Å². The highest BCUT2D eigenvalue weighted by Crippen LogP contribution is 2.31. The number of halogens is 1. The van der Waals surface area contributed by atoms with Crippen molar-refractivity contribution in [2.75, 3.05) is 37.7 Å². The van der Waals surface area contributed by atoms with Crippen molar-refractivity contribution >= 4 is 45.0 Å². The van der Waals surface area contributed by atoms with E-state index in [2.05, 4.69) is 37.8 Å². The zero-order valence-electron chi connectivity index (χ0n) is 17.8. The van der Waals surface area contributed by atoms with Gasteiger partial charge in [0.1, 0.15) is 5.75 Å². The first-order valence-corrected chi connectivity index (χ1v) is 11.0. The Balaban J connectivity index is 0.00000320. The summed E-state index contributed by atoms with van der Waals surface area (Å²) in [5.74, 6) is 0.829. The number of carbonyl (C=O) groups is 1. The number of thiazole rings is 1. The van der Waals surface area contributed by atoms with Crippen LogP contribution in [-0.4, -0.2) is 48.6 Å². The number of hydrogen-bond acceptors (Lipinski definition) is 5.